The first-order valence-electron chi connectivity index (χ1n) is 4.23. The zero-order valence-corrected chi connectivity index (χ0v) is 8.28. The number of rotatable bonds is 4. The van der Waals surface area contributed by atoms with Gasteiger partial charge in [-0.1, -0.05) is 12.6 Å². The fourth-order valence-corrected chi connectivity index (χ4v) is 1.11. The summed E-state index contributed by atoms with van der Waals surface area (Å²) >= 11 is 0. The maximum absolute atomic E-state index is 12.0. The van der Waals surface area contributed by atoms with E-state index in [-0.39, 0.29) is 5.75 Å². The van der Waals surface area contributed by atoms with Crippen molar-refractivity contribution in [3.05, 3.63) is 36.6 Å². The van der Waals surface area contributed by atoms with E-state index >= 15 is 0 Å². The highest BCUT2D eigenvalue weighted by atomic mass is 19.4. The van der Waals surface area contributed by atoms with Crippen LogP contribution in [0.1, 0.15) is 10.4 Å². The van der Waals surface area contributed by atoms with E-state index in [4.69, 9.17) is 0 Å². The monoisotopic (exact) mass is 247 g/mol. The summed E-state index contributed by atoms with van der Waals surface area (Å²) in [7, 11) is 0. The molecule has 0 aliphatic carbocycles. The lowest BCUT2D eigenvalue weighted by Gasteiger charge is -2.16. The van der Waals surface area contributed by atoms with E-state index in [2.05, 4.69) is 16.1 Å². The first-order chi connectivity index (χ1) is 7.85. The number of carboxylic acid groups (broad SMARTS) is 1. The van der Waals surface area contributed by atoms with Crippen LogP contribution < -0.4 is 14.6 Å². The summed E-state index contributed by atoms with van der Waals surface area (Å²) < 4.78 is 44.2. The lowest BCUT2D eigenvalue weighted by Crippen LogP contribution is -2.26. The Bertz CT molecular complexity index is 440. The molecule has 0 saturated heterocycles. The zero-order chi connectivity index (χ0) is 13.1. The van der Waals surface area contributed by atoms with Gasteiger partial charge in [-0.3, -0.25) is 0 Å². The van der Waals surface area contributed by atoms with Gasteiger partial charge in [-0.05, 0) is 12.1 Å². The molecule has 1 aromatic rings. The van der Waals surface area contributed by atoms with Crippen molar-refractivity contribution in [1.29, 1.82) is 0 Å². The van der Waals surface area contributed by atoms with Gasteiger partial charge in [0.05, 0.1) is 17.8 Å². The topological polar surface area (TPSA) is 58.6 Å². The maximum Gasteiger partial charge on any atom is 0.573 e. The van der Waals surface area contributed by atoms with E-state index in [1.165, 1.54) is 0 Å². The molecular weight excluding hydrogens is 241 g/mol. The van der Waals surface area contributed by atoms with Crippen LogP contribution in [-0.4, -0.2) is 12.3 Å². The second kappa shape index (κ2) is 4.77. The summed E-state index contributed by atoms with van der Waals surface area (Å²) in [5.41, 5.74) is -0.829. The lowest BCUT2D eigenvalue weighted by molar-refractivity contribution is -0.276. The van der Waals surface area contributed by atoms with Crippen molar-refractivity contribution < 1.29 is 32.5 Å². The highest BCUT2D eigenvalue weighted by molar-refractivity contribution is 5.92. The number of carboxylic acids is 1. The molecule has 0 atom stereocenters. The molecule has 4 nitrogen and oxygen atoms in total. The average Bonchev–Trinajstić information content (AvgIpc) is 2.15. The average molecular weight is 247 g/mol. The standard InChI is InChI=1S/C10H7F3O4/c1-2-16-6-4-3-5-7(8(6)9(14)15)17-10(11,12)13/h2-5H,1H2,(H,14,15)/p-1. The third kappa shape index (κ3) is 3.40. The fourth-order valence-electron chi connectivity index (χ4n) is 1.11. The van der Waals surface area contributed by atoms with Gasteiger partial charge in [-0.25, -0.2) is 0 Å². The molecule has 0 heterocycles. The first-order valence-corrected chi connectivity index (χ1v) is 4.23. The molecule has 0 radical (unpaired) electrons. The number of alkyl halides is 3. The molecule has 0 saturated carbocycles. The number of halogens is 3. The molecule has 92 valence electrons. The van der Waals surface area contributed by atoms with Gasteiger partial charge in [0.15, 0.2) is 0 Å². The molecule has 0 amide bonds. The van der Waals surface area contributed by atoms with Crippen LogP contribution >= 0.6 is 0 Å². The Labute approximate surface area is 93.9 Å². The van der Waals surface area contributed by atoms with Gasteiger partial charge in [-0.2, -0.15) is 0 Å². The number of hydrogen-bond donors (Lipinski definition) is 0. The van der Waals surface area contributed by atoms with Crippen LogP contribution in [0.25, 0.3) is 0 Å². The summed E-state index contributed by atoms with van der Waals surface area (Å²) in [6.07, 6.45) is -4.13. The molecule has 0 N–H and O–H groups in total. The maximum atomic E-state index is 12.0. The van der Waals surface area contributed by atoms with Crippen molar-refractivity contribution >= 4 is 5.97 Å². The quantitative estimate of drug-likeness (QED) is 0.756. The van der Waals surface area contributed by atoms with Gasteiger partial charge in [0.2, 0.25) is 0 Å². The van der Waals surface area contributed by atoms with Gasteiger partial charge < -0.3 is 19.4 Å². The van der Waals surface area contributed by atoms with E-state index < -0.39 is 23.6 Å². The van der Waals surface area contributed by atoms with Crippen molar-refractivity contribution in [3.8, 4) is 11.5 Å². The second-order valence-corrected chi connectivity index (χ2v) is 2.75. The Morgan fingerprint density at radius 3 is 2.41 bits per heavy atom. The third-order valence-electron chi connectivity index (χ3n) is 1.63. The Morgan fingerprint density at radius 2 is 1.94 bits per heavy atom. The first kappa shape index (κ1) is 12.9. The molecular formula is C10H6F3O4-. The minimum Gasteiger partial charge on any atom is -0.545 e. The molecule has 0 spiro atoms. The molecule has 0 fully saturated rings. The van der Waals surface area contributed by atoms with Gasteiger partial charge in [0.1, 0.15) is 11.5 Å². The summed E-state index contributed by atoms with van der Waals surface area (Å²) in [5, 5.41) is 10.7. The molecule has 1 aromatic carbocycles. The van der Waals surface area contributed by atoms with Crippen molar-refractivity contribution in [2.45, 2.75) is 6.36 Å². The summed E-state index contributed by atoms with van der Waals surface area (Å²) in [6, 6.07) is 3.14. The van der Waals surface area contributed by atoms with E-state index in [1.807, 2.05) is 0 Å². The highest BCUT2D eigenvalue weighted by Crippen LogP contribution is 2.32. The van der Waals surface area contributed by atoms with Crippen LogP contribution in [0.15, 0.2) is 31.0 Å². The summed E-state index contributed by atoms with van der Waals surface area (Å²) in [4.78, 5) is 10.7. The van der Waals surface area contributed by atoms with Crippen LogP contribution in [-0.2, 0) is 0 Å². The van der Waals surface area contributed by atoms with Gasteiger partial charge in [0, 0.05) is 0 Å². The number of aromatic carboxylic acids is 1. The number of carbonyl (C=O) groups is 1. The Kier molecular flexibility index (Phi) is 3.62. The Morgan fingerprint density at radius 1 is 1.35 bits per heavy atom. The summed E-state index contributed by atoms with van der Waals surface area (Å²) in [5.74, 6) is -3.10. The molecule has 0 aromatic heterocycles. The number of carbonyl (C=O) groups excluding carboxylic acids is 1. The van der Waals surface area contributed by atoms with Crippen LogP contribution in [0.4, 0.5) is 13.2 Å². The van der Waals surface area contributed by atoms with Crippen molar-refractivity contribution in [1.82, 2.24) is 0 Å². The fraction of sp³-hybridized carbons (Fsp3) is 0.100. The predicted octanol–water partition coefficient (Wildman–Crippen LogP) is 1.47. The Hall–Kier alpha value is -2.18. The summed E-state index contributed by atoms with van der Waals surface area (Å²) in [6.45, 7) is 3.16. The molecule has 0 aliphatic rings. The third-order valence-corrected chi connectivity index (χ3v) is 1.63. The molecule has 1 rings (SSSR count). The zero-order valence-electron chi connectivity index (χ0n) is 8.28. The molecule has 7 heteroatoms. The smallest absolute Gasteiger partial charge is 0.545 e. The molecule has 0 unspecified atom stereocenters. The van der Waals surface area contributed by atoms with Crippen LogP contribution in [0.3, 0.4) is 0 Å². The van der Waals surface area contributed by atoms with Crippen molar-refractivity contribution in [2.24, 2.45) is 0 Å². The van der Waals surface area contributed by atoms with E-state index in [0.29, 0.717) is 0 Å². The van der Waals surface area contributed by atoms with Crippen molar-refractivity contribution in [2.75, 3.05) is 0 Å². The molecule has 0 bridgehead atoms. The van der Waals surface area contributed by atoms with E-state index in [9.17, 15) is 23.1 Å². The Balaban J connectivity index is 3.24. The van der Waals surface area contributed by atoms with Gasteiger partial charge in [-0.15, -0.1) is 13.2 Å². The highest BCUT2D eigenvalue weighted by Gasteiger charge is 2.32. The number of hydrogen-bond acceptors (Lipinski definition) is 4. The van der Waals surface area contributed by atoms with Crippen LogP contribution in [0.2, 0.25) is 0 Å². The normalized spacial score (nSPS) is 10.8. The largest absolute Gasteiger partial charge is 0.573 e. The van der Waals surface area contributed by atoms with Gasteiger partial charge >= 0.3 is 6.36 Å². The lowest BCUT2D eigenvalue weighted by atomic mass is 10.2. The second-order valence-electron chi connectivity index (χ2n) is 2.75. The van der Waals surface area contributed by atoms with Crippen LogP contribution in [0, 0.1) is 0 Å². The minimum absolute atomic E-state index is 0.346. The van der Waals surface area contributed by atoms with E-state index in [0.717, 1.165) is 24.5 Å². The molecule has 0 aliphatic heterocycles. The minimum atomic E-state index is -5.00. The van der Waals surface area contributed by atoms with Crippen LogP contribution in [0.5, 0.6) is 11.5 Å². The SMILES string of the molecule is C=COc1cccc(OC(F)(F)F)c1C(=O)[O-]. The number of ether oxygens (including phenoxy) is 2. The van der Waals surface area contributed by atoms with Crippen molar-refractivity contribution in [3.63, 3.8) is 0 Å². The number of benzene rings is 1. The van der Waals surface area contributed by atoms with Gasteiger partial charge in [0.25, 0.3) is 0 Å². The predicted molar refractivity (Wildman–Crippen MR) is 48.3 cm³/mol. The van der Waals surface area contributed by atoms with E-state index in [1.54, 1.807) is 0 Å². The molecule has 17 heavy (non-hydrogen) atoms.